The van der Waals surface area contributed by atoms with E-state index in [-0.39, 0.29) is 37.5 Å². The van der Waals surface area contributed by atoms with Gasteiger partial charge in [-0.2, -0.15) is 0 Å². The van der Waals surface area contributed by atoms with E-state index in [9.17, 15) is 14.4 Å². The molecule has 0 radical (unpaired) electrons. The molecule has 0 bridgehead atoms. The fourth-order valence-corrected chi connectivity index (χ4v) is 8.14. The second-order valence-electron chi connectivity index (χ2n) is 19.2. The Kier molecular flexibility index (Phi) is 53.3. The first-order chi connectivity index (χ1) is 33.0. The van der Waals surface area contributed by atoms with E-state index in [0.717, 1.165) is 64.2 Å². The van der Waals surface area contributed by atoms with Gasteiger partial charge in [0, 0.05) is 19.3 Å². The molecule has 0 aliphatic carbocycles. The Morgan fingerprint density at radius 3 is 0.910 bits per heavy atom. The summed E-state index contributed by atoms with van der Waals surface area (Å²) in [6, 6.07) is 0. The van der Waals surface area contributed by atoms with Crippen molar-refractivity contribution in [3.8, 4) is 0 Å². The summed E-state index contributed by atoms with van der Waals surface area (Å²) in [4.78, 5) is 38.1. The Morgan fingerprint density at radius 2 is 0.552 bits per heavy atom. The Labute approximate surface area is 415 Å². The zero-order valence-corrected chi connectivity index (χ0v) is 44.4. The molecule has 6 nitrogen and oxygen atoms in total. The molecule has 0 amide bonds. The minimum Gasteiger partial charge on any atom is -0.462 e. The lowest BCUT2D eigenvalue weighted by Gasteiger charge is -2.18. The Morgan fingerprint density at radius 1 is 0.299 bits per heavy atom. The zero-order valence-electron chi connectivity index (χ0n) is 44.4. The van der Waals surface area contributed by atoms with Gasteiger partial charge in [-0.05, 0) is 83.5 Å². The van der Waals surface area contributed by atoms with Gasteiger partial charge in [0.1, 0.15) is 13.2 Å². The summed E-state index contributed by atoms with van der Waals surface area (Å²) in [5.74, 6) is -0.939. The van der Waals surface area contributed by atoms with Gasteiger partial charge < -0.3 is 14.2 Å². The molecule has 0 heterocycles. The van der Waals surface area contributed by atoms with Crippen LogP contribution in [0.5, 0.6) is 0 Å². The normalized spacial score (nSPS) is 12.5. The van der Waals surface area contributed by atoms with Gasteiger partial charge in [0.05, 0.1) is 0 Å². The first-order valence-corrected chi connectivity index (χ1v) is 28.8. The largest absolute Gasteiger partial charge is 0.462 e. The summed E-state index contributed by atoms with van der Waals surface area (Å²) in [5, 5.41) is 0. The van der Waals surface area contributed by atoms with E-state index in [1.165, 1.54) is 180 Å². The van der Waals surface area contributed by atoms with Crippen molar-refractivity contribution >= 4 is 17.9 Å². The molecule has 0 aromatic carbocycles. The Bertz CT molecular complexity index is 1210. The molecule has 0 aliphatic heterocycles. The van der Waals surface area contributed by atoms with E-state index in [1.807, 2.05) is 0 Å². The number of rotatable bonds is 52. The van der Waals surface area contributed by atoms with Gasteiger partial charge in [-0.15, -0.1) is 0 Å². The van der Waals surface area contributed by atoms with Crippen molar-refractivity contribution in [2.75, 3.05) is 13.2 Å². The average Bonchev–Trinajstić information content (AvgIpc) is 3.33. The summed E-state index contributed by atoms with van der Waals surface area (Å²) in [6.07, 6.45) is 69.3. The minimum absolute atomic E-state index is 0.0929. The third-order valence-corrected chi connectivity index (χ3v) is 12.5. The summed E-state index contributed by atoms with van der Waals surface area (Å²) >= 11 is 0. The fraction of sp³-hybridized carbons (Fsp3) is 0.787. The van der Waals surface area contributed by atoms with Gasteiger partial charge in [-0.25, -0.2) is 0 Å². The monoisotopic (exact) mass is 937 g/mol. The third kappa shape index (κ3) is 53.9. The highest BCUT2D eigenvalue weighted by molar-refractivity contribution is 5.71. The van der Waals surface area contributed by atoms with Crippen molar-refractivity contribution in [1.29, 1.82) is 0 Å². The topological polar surface area (TPSA) is 78.9 Å². The summed E-state index contributed by atoms with van der Waals surface area (Å²) in [6.45, 7) is 6.59. The lowest BCUT2D eigenvalue weighted by atomic mass is 10.0. The van der Waals surface area contributed by atoms with Crippen LogP contribution in [0.15, 0.2) is 60.8 Å². The Balaban J connectivity index is 4.42. The highest BCUT2D eigenvalue weighted by Crippen LogP contribution is 2.15. The molecule has 0 saturated heterocycles. The highest BCUT2D eigenvalue weighted by atomic mass is 16.6. The first-order valence-electron chi connectivity index (χ1n) is 28.8. The molecule has 0 spiro atoms. The van der Waals surface area contributed by atoms with Crippen molar-refractivity contribution in [3.63, 3.8) is 0 Å². The van der Waals surface area contributed by atoms with Crippen molar-refractivity contribution in [2.24, 2.45) is 0 Å². The molecule has 0 aromatic rings. The second-order valence-corrected chi connectivity index (χ2v) is 19.2. The number of allylic oxidation sites excluding steroid dienone is 10. The SMILES string of the molecule is CCCCC/C=C\C/C=C\CCCCCCCCCCCC(=O)OC[C@H](COC(=O)CCCCCCCCCCCCCCC)OC(=O)CCC/C=C\C/C=C\C/C=C\CCCCCCCC. The first kappa shape index (κ1) is 64.1. The molecule has 388 valence electrons. The molecular weight excluding hydrogens is 829 g/mol. The van der Waals surface area contributed by atoms with Crippen LogP contribution in [0, 0.1) is 0 Å². The number of carbonyl (C=O) groups excluding carboxylic acids is 3. The highest BCUT2D eigenvalue weighted by Gasteiger charge is 2.19. The van der Waals surface area contributed by atoms with E-state index in [1.54, 1.807) is 0 Å². The lowest BCUT2D eigenvalue weighted by molar-refractivity contribution is -0.167. The summed E-state index contributed by atoms with van der Waals surface area (Å²) in [7, 11) is 0. The minimum atomic E-state index is -0.800. The molecule has 0 unspecified atom stereocenters. The van der Waals surface area contributed by atoms with Crippen molar-refractivity contribution in [1.82, 2.24) is 0 Å². The van der Waals surface area contributed by atoms with E-state index in [2.05, 4.69) is 81.5 Å². The molecule has 0 saturated carbocycles. The molecular formula is C61H108O6. The van der Waals surface area contributed by atoms with Crippen molar-refractivity contribution < 1.29 is 28.6 Å². The van der Waals surface area contributed by atoms with E-state index >= 15 is 0 Å². The van der Waals surface area contributed by atoms with E-state index < -0.39 is 6.10 Å². The number of esters is 3. The molecule has 0 N–H and O–H groups in total. The lowest BCUT2D eigenvalue weighted by Crippen LogP contribution is -2.30. The number of hydrogen-bond donors (Lipinski definition) is 0. The fourth-order valence-electron chi connectivity index (χ4n) is 8.14. The zero-order chi connectivity index (χ0) is 48.6. The van der Waals surface area contributed by atoms with Gasteiger partial charge in [-0.1, -0.05) is 248 Å². The van der Waals surface area contributed by atoms with Crippen LogP contribution in [0.4, 0.5) is 0 Å². The van der Waals surface area contributed by atoms with Gasteiger partial charge in [0.15, 0.2) is 6.10 Å². The molecule has 0 aromatic heterocycles. The standard InChI is InChI=1S/C61H108O6/c1-4-7-10-13-16-19-22-25-27-29-30-32-33-36-39-42-45-48-51-54-60(63)66-57-58(56-65-59(62)53-50-47-44-41-38-35-24-21-18-15-12-9-6-3)67-61(64)55-52-49-46-43-40-37-34-31-28-26-23-20-17-14-11-8-5-2/h16,19,25-28,34,37,43,46,58H,4-15,17-18,20-24,29-33,35-36,38-42,44-45,47-57H2,1-3H3/b19-16-,27-25-,28-26-,37-34-,46-43-/t58-/m0/s1. The predicted molar refractivity (Wildman–Crippen MR) is 288 cm³/mol. The molecule has 0 fully saturated rings. The number of ether oxygens (including phenoxy) is 3. The quantitative estimate of drug-likeness (QED) is 0.0262. The third-order valence-electron chi connectivity index (χ3n) is 12.5. The maximum atomic E-state index is 12.8. The van der Waals surface area contributed by atoms with Gasteiger partial charge >= 0.3 is 17.9 Å². The summed E-state index contributed by atoms with van der Waals surface area (Å²) < 4.78 is 16.8. The molecule has 1 atom stereocenters. The van der Waals surface area contributed by atoms with Crippen LogP contribution in [-0.2, 0) is 28.6 Å². The molecule has 0 aliphatic rings. The van der Waals surface area contributed by atoms with Gasteiger partial charge in [0.2, 0.25) is 0 Å². The smallest absolute Gasteiger partial charge is 0.306 e. The van der Waals surface area contributed by atoms with Crippen LogP contribution in [0.3, 0.4) is 0 Å². The molecule has 67 heavy (non-hydrogen) atoms. The van der Waals surface area contributed by atoms with Crippen molar-refractivity contribution in [3.05, 3.63) is 60.8 Å². The van der Waals surface area contributed by atoms with Crippen LogP contribution in [0.2, 0.25) is 0 Å². The van der Waals surface area contributed by atoms with Crippen LogP contribution >= 0.6 is 0 Å². The maximum absolute atomic E-state index is 12.8. The summed E-state index contributed by atoms with van der Waals surface area (Å²) in [5.41, 5.74) is 0. The predicted octanol–water partition coefficient (Wildman–Crippen LogP) is 19.2. The van der Waals surface area contributed by atoms with Crippen LogP contribution in [0.1, 0.15) is 290 Å². The Hall–Kier alpha value is -2.89. The number of unbranched alkanes of at least 4 members (excludes halogenated alkanes) is 31. The molecule has 0 rings (SSSR count). The van der Waals surface area contributed by atoms with Crippen LogP contribution in [0.25, 0.3) is 0 Å². The van der Waals surface area contributed by atoms with E-state index in [4.69, 9.17) is 14.2 Å². The van der Waals surface area contributed by atoms with Gasteiger partial charge in [-0.3, -0.25) is 14.4 Å². The number of carbonyl (C=O) groups is 3. The van der Waals surface area contributed by atoms with Crippen molar-refractivity contribution in [2.45, 2.75) is 297 Å². The van der Waals surface area contributed by atoms with Crippen LogP contribution in [-0.4, -0.2) is 37.2 Å². The van der Waals surface area contributed by atoms with Gasteiger partial charge in [0.25, 0.3) is 0 Å². The number of hydrogen-bond acceptors (Lipinski definition) is 6. The maximum Gasteiger partial charge on any atom is 0.306 e. The average molecular weight is 938 g/mol. The van der Waals surface area contributed by atoms with E-state index in [0.29, 0.717) is 19.3 Å². The molecule has 6 heteroatoms. The van der Waals surface area contributed by atoms with Crippen LogP contribution < -0.4 is 0 Å². The second kappa shape index (κ2) is 55.7.